The first-order valence-corrected chi connectivity index (χ1v) is 7.15. The van der Waals surface area contributed by atoms with E-state index < -0.39 is 44.0 Å². The maximum Gasteiger partial charge on any atom is 0.469 e. The van der Waals surface area contributed by atoms with Gasteiger partial charge in [0.05, 0.1) is 24.4 Å². The molecule has 1 aliphatic heterocycles. The average molecular weight is 308 g/mol. The second kappa shape index (κ2) is 5.60. The minimum atomic E-state index is -4.66. The van der Waals surface area contributed by atoms with Crippen molar-refractivity contribution in [3.63, 3.8) is 0 Å². The van der Waals surface area contributed by atoms with E-state index in [1.54, 1.807) is 0 Å². The zero-order valence-corrected chi connectivity index (χ0v) is 10.9. The van der Waals surface area contributed by atoms with E-state index in [-0.39, 0.29) is 12.0 Å². The molecule has 1 aromatic heterocycles. The SMILES string of the molecule is O=c1[nH]cc([C@H]2CC(O)[C@@H](COP(=O)(O)O)O2)c(=O)[nH]1. The van der Waals surface area contributed by atoms with Crippen molar-refractivity contribution in [1.82, 2.24) is 9.97 Å². The number of aromatic amines is 2. The standard InChI is InChI=1S/C9H13N2O8P/c12-5-1-6(4-2-10-9(14)11-8(4)13)19-7(5)3-18-20(15,16)17/h2,5-7,12H,1,3H2,(H2,15,16,17)(H2,10,11,13,14)/t5?,6-,7-/m1/s1. The van der Waals surface area contributed by atoms with Gasteiger partial charge in [-0.15, -0.1) is 0 Å². The molecule has 1 aromatic rings. The summed E-state index contributed by atoms with van der Waals surface area (Å²) < 4.78 is 20.1. The number of rotatable bonds is 4. The first kappa shape index (κ1) is 15.1. The molecular formula is C9H13N2O8P. The van der Waals surface area contributed by atoms with E-state index in [1.807, 2.05) is 4.98 Å². The molecule has 0 radical (unpaired) electrons. The van der Waals surface area contributed by atoms with E-state index in [0.717, 1.165) is 0 Å². The number of nitrogens with one attached hydrogen (secondary N) is 2. The average Bonchev–Trinajstić information content (AvgIpc) is 2.67. The van der Waals surface area contributed by atoms with Crippen molar-refractivity contribution in [1.29, 1.82) is 0 Å². The van der Waals surface area contributed by atoms with Crippen molar-refractivity contribution in [3.05, 3.63) is 32.6 Å². The van der Waals surface area contributed by atoms with E-state index in [1.165, 1.54) is 6.20 Å². The quantitative estimate of drug-likeness (QED) is 0.414. The number of hydrogen-bond acceptors (Lipinski definition) is 6. The van der Waals surface area contributed by atoms with Gasteiger partial charge in [0.2, 0.25) is 0 Å². The molecule has 0 amide bonds. The van der Waals surface area contributed by atoms with Crippen LogP contribution in [0.1, 0.15) is 18.1 Å². The lowest BCUT2D eigenvalue weighted by Crippen LogP contribution is -2.27. The van der Waals surface area contributed by atoms with E-state index in [9.17, 15) is 19.3 Å². The van der Waals surface area contributed by atoms with E-state index >= 15 is 0 Å². The second-order valence-electron chi connectivity index (χ2n) is 4.28. The first-order valence-electron chi connectivity index (χ1n) is 5.62. The number of H-pyrrole nitrogens is 2. The molecule has 11 heteroatoms. The van der Waals surface area contributed by atoms with Gasteiger partial charge in [-0.1, -0.05) is 0 Å². The van der Waals surface area contributed by atoms with Crippen LogP contribution in [0.25, 0.3) is 0 Å². The molecule has 0 saturated carbocycles. The summed E-state index contributed by atoms with van der Waals surface area (Å²) in [5.74, 6) is 0. The van der Waals surface area contributed by atoms with Crippen molar-refractivity contribution in [2.75, 3.05) is 6.61 Å². The van der Waals surface area contributed by atoms with Crippen molar-refractivity contribution in [2.24, 2.45) is 0 Å². The predicted octanol–water partition coefficient (Wildman–Crippen LogP) is -1.64. The van der Waals surface area contributed by atoms with Crippen LogP contribution >= 0.6 is 7.82 Å². The molecule has 0 aliphatic carbocycles. The summed E-state index contributed by atoms with van der Waals surface area (Å²) in [5, 5.41) is 9.72. The zero-order valence-electron chi connectivity index (χ0n) is 10.1. The molecule has 10 nitrogen and oxygen atoms in total. The van der Waals surface area contributed by atoms with Crippen LogP contribution in [0, 0.1) is 0 Å². The number of phosphoric ester groups is 1. The molecule has 112 valence electrons. The number of aromatic nitrogens is 2. The van der Waals surface area contributed by atoms with Crippen LogP contribution in [0.5, 0.6) is 0 Å². The van der Waals surface area contributed by atoms with Gasteiger partial charge in [0.15, 0.2) is 0 Å². The lowest BCUT2D eigenvalue weighted by molar-refractivity contribution is -0.0225. The monoisotopic (exact) mass is 308 g/mol. The van der Waals surface area contributed by atoms with Gasteiger partial charge in [0.1, 0.15) is 6.10 Å². The third kappa shape index (κ3) is 3.63. The van der Waals surface area contributed by atoms with Gasteiger partial charge < -0.3 is 24.6 Å². The Balaban J connectivity index is 2.08. The highest BCUT2D eigenvalue weighted by Gasteiger charge is 2.37. The highest BCUT2D eigenvalue weighted by atomic mass is 31.2. The molecule has 0 bridgehead atoms. The predicted molar refractivity (Wildman–Crippen MR) is 63.9 cm³/mol. The number of ether oxygens (including phenoxy) is 1. The van der Waals surface area contributed by atoms with Crippen molar-refractivity contribution >= 4 is 7.82 Å². The molecule has 1 unspecified atom stereocenters. The summed E-state index contributed by atoms with van der Waals surface area (Å²) in [4.78, 5) is 43.9. The Labute approximate surface area is 111 Å². The molecule has 0 spiro atoms. The van der Waals surface area contributed by atoms with E-state index in [2.05, 4.69) is 9.51 Å². The summed E-state index contributed by atoms with van der Waals surface area (Å²) in [7, 11) is -4.66. The Morgan fingerprint density at radius 3 is 2.75 bits per heavy atom. The second-order valence-corrected chi connectivity index (χ2v) is 5.52. The lowest BCUT2D eigenvalue weighted by atomic mass is 10.1. The van der Waals surface area contributed by atoms with Crippen LogP contribution in [-0.4, -0.2) is 43.7 Å². The van der Waals surface area contributed by atoms with Crippen LogP contribution in [0.4, 0.5) is 0 Å². The number of phosphoric acid groups is 1. The summed E-state index contributed by atoms with van der Waals surface area (Å²) in [6, 6.07) is 0. The van der Waals surface area contributed by atoms with Crippen LogP contribution in [0.15, 0.2) is 15.8 Å². The zero-order chi connectivity index (χ0) is 14.9. The maximum atomic E-state index is 11.6. The van der Waals surface area contributed by atoms with Crippen LogP contribution < -0.4 is 11.2 Å². The Morgan fingerprint density at radius 2 is 2.15 bits per heavy atom. The molecule has 3 atom stereocenters. The Hall–Kier alpha value is -1.29. The summed E-state index contributed by atoms with van der Waals surface area (Å²) in [6.45, 7) is -0.511. The summed E-state index contributed by atoms with van der Waals surface area (Å²) >= 11 is 0. The summed E-state index contributed by atoms with van der Waals surface area (Å²) in [5.41, 5.74) is -1.21. The van der Waals surface area contributed by atoms with Crippen molar-refractivity contribution in [2.45, 2.75) is 24.7 Å². The summed E-state index contributed by atoms with van der Waals surface area (Å²) in [6.07, 6.45) is -1.59. The highest BCUT2D eigenvalue weighted by Crippen LogP contribution is 2.38. The molecular weight excluding hydrogens is 295 g/mol. The molecule has 0 aromatic carbocycles. The number of aliphatic hydroxyl groups excluding tert-OH is 1. The highest BCUT2D eigenvalue weighted by molar-refractivity contribution is 7.46. The fourth-order valence-electron chi connectivity index (χ4n) is 1.91. The normalized spacial score (nSPS) is 26.9. The Morgan fingerprint density at radius 1 is 1.45 bits per heavy atom. The van der Waals surface area contributed by atoms with Crippen LogP contribution in [0.3, 0.4) is 0 Å². The molecule has 5 N–H and O–H groups in total. The molecule has 2 rings (SSSR count). The fourth-order valence-corrected chi connectivity index (χ4v) is 2.25. The number of aliphatic hydroxyl groups is 1. The molecule has 2 heterocycles. The Bertz CT molecular complexity index is 633. The third-order valence-corrected chi connectivity index (χ3v) is 3.31. The van der Waals surface area contributed by atoms with Gasteiger partial charge in [-0.3, -0.25) is 14.3 Å². The smallest absolute Gasteiger partial charge is 0.390 e. The van der Waals surface area contributed by atoms with Gasteiger partial charge in [-0.2, -0.15) is 0 Å². The first-order chi connectivity index (χ1) is 9.26. The lowest BCUT2D eigenvalue weighted by Gasteiger charge is -2.15. The Kier molecular flexibility index (Phi) is 4.23. The molecule has 1 aliphatic rings. The van der Waals surface area contributed by atoms with Gasteiger partial charge in [-0.05, 0) is 0 Å². The molecule has 1 fully saturated rings. The van der Waals surface area contributed by atoms with Gasteiger partial charge >= 0.3 is 13.5 Å². The van der Waals surface area contributed by atoms with Crippen LogP contribution in [-0.2, 0) is 13.8 Å². The van der Waals surface area contributed by atoms with Crippen molar-refractivity contribution < 1.29 is 28.7 Å². The third-order valence-electron chi connectivity index (χ3n) is 2.83. The topological polar surface area (TPSA) is 162 Å². The molecule has 20 heavy (non-hydrogen) atoms. The largest absolute Gasteiger partial charge is 0.469 e. The van der Waals surface area contributed by atoms with Crippen molar-refractivity contribution in [3.8, 4) is 0 Å². The van der Waals surface area contributed by atoms with E-state index in [0.29, 0.717) is 0 Å². The van der Waals surface area contributed by atoms with E-state index in [4.69, 9.17) is 14.5 Å². The fraction of sp³-hybridized carbons (Fsp3) is 0.556. The van der Waals surface area contributed by atoms with Gasteiger partial charge in [0, 0.05) is 12.6 Å². The number of hydrogen-bond donors (Lipinski definition) is 5. The minimum Gasteiger partial charge on any atom is -0.390 e. The van der Waals surface area contributed by atoms with Gasteiger partial charge in [0.25, 0.3) is 5.56 Å². The van der Waals surface area contributed by atoms with Gasteiger partial charge in [-0.25, -0.2) is 9.36 Å². The molecule has 1 saturated heterocycles. The maximum absolute atomic E-state index is 11.6. The minimum absolute atomic E-state index is 0.0459. The van der Waals surface area contributed by atoms with Crippen LogP contribution in [0.2, 0.25) is 0 Å².